The molecule has 144 valence electrons. The highest BCUT2D eigenvalue weighted by molar-refractivity contribution is 6.85. The number of nitro groups is 1. The van der Waals surface area contributed by atoms with Crippen LogP contribution in [-0.2, 0) is 0 Å². The van der Waals surface area contributed by atoms with Crippen molar-refractivity contribution in [1.29, 1.82) is 0 Å². The first-order valence-electron chi connectivity index (χ1n) is 9.60. The van der Waals surface area contributed by atoms with Gasteiger partial charge in [-0.1, -0.05) is 79.7 Å². The van der Waals surface area contributed by atoms with Crippen LogP contribution in [-0.4, -0.2) is 13.0 Å². The Balaban J connectivity index is 3.31. The summed E-state index contributed by atoms with van der Waals surface area (Å²) in [7, 11) is -1.78. The van der Waals surface area contributed by atoms with Crippen LogP contribution >= 0.6 is 0 Å². The molecule has 1 aromatic rings. The fourth-order valence-corrected chi connectivity index (χ4v) is 9.40. The largest absolute Gasteiger partial charge is 0.269 e. The Morgan fingerprint density at radius 3 is 1.96 bits per heavy atom. The van der Waals surface area contributed by atoms with E-state index in [1.807, 2.05) is 0 Å². The zero-order chi connectivity index (χ0) is 20.2. The number of hydrogen-bond donors (Lipinski definition) is 0. The fraction of sp³-hybridized carbons (Fsp3) is 0.636. The van der Waals surface area contributed by atoms with Gasteiger partial charge in [-0.25, -0.2) is 0 Å². The molecule has 26 heavy (non-hydrogen) atoms. The second kappa shape index (κ2) is 8.39. The van der Waals surface area contributed by atoms with E-state index < -0.39 is 8.07 Å². The van der Waals surface area contributed by atoms with Crippen molar-refractivity contribution in [3.8, 4) is 11.8 Å². The summed E-state index contributed by atoms with van der Waals surface area (Å²) >= 11 is 0. The van der Waals surface area contributed by atoms with Gasteiger partial charge >= 0.3 is 0 Å². The van der Waals surface area contributed by atoms with Crippen molar-refractivity contribution in [2.24, 2.45) is 0 Å². The number of unbranched alkanes of at least 4 members (excludes halogenated alkanes) is 1. The lowest BCUT2D eigenvalue weighted by Gasteiger charge is -2.53. The molecule has 1 atom stereocenters. The molecule has 0 bridgehead atoms. The molecule has 4 heteroatoms. The molecule has 0 N–H and O–H groups in total. The Bertz CT molecular complexity index is 655. The third-order valence-corrected chi connectivity index (χ3v) is 14.2. The van der Waals surface area contributed by atoms with Gasteiger partial charge in [0.25, 0.3) is 5.69 Å². The Hall–Kier alpha value is -1.60. The minimum atomic E-state index is -1.78. The van der Waals surface area contributed by atoms with Crippen molar-refractivity contribution in [3.05, 3.63) is 39.9 Å². The van der Waals surface area contributed by atoms with E-state index in [0.717, 1.165) is 12.0 Å². The van der Waals surface area contributed by atoms with Crippen molar-refractivity contribution >= 4 is 13.8 Å². The molecule has 1 aromatic carbocycles. The molecule has 0 aromatic heterocycles. The summed E-state index contributed by atoms with van der Waals surface area (Å²) in [5.41, 5.74) is 1.37. The van der Waals surface area contributed by atoms with Gasteiger partial charge in [0, 0.05) is 23.2 Å². The van der Waals surface area contributed by atoms with Crippen molar-refractivity contribution in [3.63, 3.8) is 0 Å². The molecule has 0 radical (unpaired) electrons. The Morgan fingerprint density at radius 1 is 1.08 bits per heavy atom. The van der Waals surface area contributed by atoms with E-state index in [4.69, 9.17) is 0 Å². The van der Waals surface area contributed by atoms with E-state index in [1.165, 1.54) is 25.0 Å². The molecule has 0 amide bonds. The molecule has 1 unspecified atom stereocenters. The van der Waals surface area contributed by atoms with Gasteiger partial charge in [-0.05, 0) is 28.6 Å². The second-order valence-corrected chi connectivity index (χ2v) is 15.6. The van der Waals surface area contributed by atoms with E-state index >= 15 is 0 Å². The summed E-state index contributed by atoms with van der Waals surface area (Å²) in [6.07, 6.45) is 3.50. The van der Waals surface area contributed by atoms with Gasteiger partial charge in [0.05, 0.1) is 13.0 Å². The van der Waals surface area contributed by atoms with Crippen LogP contribution in [0.1, 0.15) is 73.3 Å². The first-order valence-corrected chi connectivity index (χ1v) is 12.2. The summed E-state index contributed by atoms with van der Waals surface area (Å²) in [6.45, 7) is 19.0. The van der Waals surface area contributed by atoms with Gasteiger partial charge in [-0.3, -0.25) is 10.1 Å². The minimum Gasteiger partial charge on any atom is -0.258 e. The van der Waals surface area contributed by atoms with Crippen molar-refractivity contribution < 1.29 is 4.92 Å². The first-order chi connectivity index (χ1) is 11.8. The van der Waals surface area contributed by atoms with Gasteiger partial charge < -0.3 is 0 Å². The van der Waals surface area contributed by atoms with E-state index in [-0.39, 0.29) is 20.7 Å². The number of non-ortho nitro benzene ring substituents is 1. The minimum absolute atomic E-state index is 0.113. The maximum atomic E-state index is 10.8. The molecule has 0 saturated heterocycles. The van der Waals surface area contributed by atoms with Crippen molar-refractivity contribution in [2.75, 3.05) is 0 Å². The Labute approximate surface area is 160 Å². The zero-order valence-electron chi connectivity index (χ0n) is 17.8. The molecule has 0 aliphatic heterocycles. The summed E-state index contributed by atoms with van der Waals surface area (Å²) < 4.78 is 0. The first kappa shape index (κ1) is 22.4. The highest BCUT2D eigenvalue weighted by Crippen LogP contribution is 2.57. The van der Waals surface area contributed by atoms with E-state index in [2.05, 4.69) is 66.9 Å². The average Bonchev–Trinajstić information content (AvgIpc) is 2.52. The number of nitrogens with zero attached hydrogens (tertiary/aromatic N) is 1. The lowest BCUT2D eigenvalue weighted by Crippen LogP contribution is -2.52. The van der Waals surface area contributed by atoms with Crippen LogP contribution in [0.2, 0.25) is 22.2 Å². The highest BCUT2D eigenvalue weighted by atomic mass is 28.3. The van der Waals surface area contributed by atoms with Gasteiger partial charge in [-0.2, -0.15) is 0 Å². The zero-order valence-corrected chi connectivity index (χ0v) is 18.8. The van der Waals surface area contributed by atoms with Gasteiger partial charge in [0.2, 0.25) is 0 Å². The van der Waals surface area contributed by atoms with E-state index in [1.54, 1.807) is 12.1 Å². The molecule has 0 aliphatic rings. The number of rotatable bonds is 5. The Morgan fingerprint density at radius 2 is 1.58 bits per heavy atom. The van der Waals surface area contributed by atoms with Crippen molar-refractivity contribution in [2.45, 2.75) is 89.9 Å². The molecule has 0 heterocycles. The van der Waals surface area contributed by atoms with E-state index in [9.17, 15) is 10.1 Å². The van der Waals surface area contributed by atoms with Crippen LogP contribution in [0.15, 0.2) is 24.3 Å². The van der Waals surface area contributed by atoms with Crippen LogP contribution in [0.25, 0.3) is 0 Å². The monoisotopic (exact) mass is 373 g/mol. The number of hydrogen-bond acceptors (Lipinski definition) is 2. The summed E-state index contributed by atoms with van der Waals surface area (Å²) in [5, 5.41) is 11.3. The standard InChI is InChI=1S/C22H35NO2Si/c1-9-10-11-20(26(8,21(2,3)4)22(5,6)7)17-14-18-12-15-19(16-13-18)23(24)25/h12-13,15-16,20H,9-11H2,1-8H3. The predicted octanol–water partition coefficient (Wildman–Crippen LogP) is 7.19. The smallest absolute Gasteiger partial charge is 0.258 e. The van der Waals surface area contributed by atoms with Gasteiger partial charge in [0.15, 0.2) is 0 Å². The third-order valence-electron chi connectivity index (χ3n) is 6.13. The summed E-state index contributed by atoms with van der Waals surface area (Å²) in [4.78, 5) is 10.5. The van der Waals surface area contributed by atoms with Crippen LogP contribution < -0.4 is 0 Å². The third kappa shape index (κ3) is 4.98. The second-order valence-electron chi connectivity index (χ2n) is 9.47. The molecule has 0 fully saturated rings. The van der Waals surface area contributed by atoms with Crippen LogP contribution in [0.5, 0.6) is 0 Å². The summed E-state index contributed by atoms with van der Waals surface area (Å²) in [6, 6.07) is 6.59. The number of nitro benzene ring substituents is 1. The lowest BCUT2D eigenvalue weighted by atomic mass is 10.1. The topological polar surface area (TPSA) is 43.1 Å². The molecular formula is C22H35NO2Si. The molecule has 0 saturated carbocycles. The normalized spacial score (nSPS) is 13.7. The maximum Gasteiger partial charge on any atom is 0.269 e. The lowest BCUT2D eigenvalue weighted by molar-refractivity contribution is -0.384. The molecule has 0 aliphatic carbocycles. The Kier molecular flexibility index (Phi) is 7.24. The average molecular weight is 374 g/mol. The SMILES string of the molecule is CCCCC(C#Cc1ccc([N+](=O)[O-])cc1)[Si](C)(C(C)(C)C)C(C)(C)C. The maximum absolute atomic E-state index is 10.8. The van der Waals surface area contributed by atoms with Crippen molar-refractivity contribution in [1.82, 2.24) is 0 Å². The van der Waals surface area contributed by atoms with Crippen LogP contribution in [0.4, 0.5) is 5.69 Å². The molecule has 0 spiro atoms. The van der Waals surface area contributed by atoms with Gasteiger partial charge in [-0.15, -0.1) is 0 Å². The predicted molar refractivity (Wildman–Crippen MR) is 114 cm³/mol. The van der Waals surface area contributed by atoms with Crippen LogP contribution in [0, 0.1) is 22.0 Å². The molecular weight excluding hydrogens is 338 g/mol. The fourth-order valence-electron chi connectivity index (χ4n) is 3.92. The molecule has 1 rings (SSSR count). The molecule has 3 nitrogen and oxygen atoms in total. The quantitative estimate of drug-likeness (QED) is 0.237. The summed E-state index contributed by atoms with van der Waals surface area (Å²) in [5.74, 6) is 6.95. The van der Waals surface area contributed by atoms with Crippen LogP contribution in [0.3, 0.4) is 0 Å². The highest BCUT2D eigenvalue weighted by Gasteiger charge is 2.53. The van der Waals surface area contributed by atoms with Gasteiger partial charge in [0.1, 0.15) is 0 Å². The van der Waals surface area contributed by atoms with E-state index in [0.29, 0.717) is 5.54 Å². The number of benzene rings is 1.